The summed E-state index contributed by atoms with van der Waals surface area (Å²) in [6.07, 6.45) is -0.545. The first kappa shape index (κ1) is 28.7. The lowest BCUT2D eigenvalue weighted by Gasteiger charge is -2.30. The van der Waals surface area contributed by atoms with Gasteiger partial charge in [0.15, 0.2) is 29.1 Å². The van der Waals surface area contributed by atoms with Gasteiger partial charge in [0.2, 0.25) is 11.8 Å². The number of hydrogen-bond acceptors (Lipinski definition) is 14. The fraction of sp³-hybridized carbons (Fsp3) is 0.538. The number of fused-ring (bicyclic) bond motifs is 2. The van der Waals surface area contributed by atoms with Gasteiger partial charge in [-0.25, -0.2) is 14.3 Å². The summed E-state index contributed by atoms with van der Waals surface area (Å²) in [4.78, 5) is 25.4. The quantitative estimate of drug-likeness (QED) is 0.275. The molecule has 2 N–H and O–H groups in total. The molecule has 0 amide bonds. The van der Waals surface area contributed by atoms with Gasteiger partial charge in [-0.1, -0.05) is 23.7 Å². The number of ether oxygens (including phenoxy) is 5. The second-order valence-electron chi connectivity index (χ2n) is 10.8. The van der Waals surface area contributed by atoms with E-state index in [1.165, 1.54) is 6.33 Å². The van der Waals surface area contributed by atoms with Crippen LogP contribution in [-0.4, -0.2) is 76.0 Å². The number of nitrogens with two attached hydrogens (primary N) is 1. The molecule has 230 valence electrons. The number of phosphoric ester groups is 1. The summed E-state index contributed by atoms with van der Waals surface area (Å²) in [5, 5.41) is 0.525. The van der Waals surface area contributed by atoms with Gasteiger partial charge >= 0.3 is 14.0 Å². The molecule has 4 aliphatic rings. The van der Waals surface area contributed by atoms with Gasteiger partial charge in [-0.3, -0.25) is 18.1 Å². The van der Waals surface area contributed by atoms with Crippen LogP contribution in [0, 0.1) is 0 Å². The third-order valence-electron chi connectivity index (χ3n) is 7.82. The standard InChI is InChI=1S/C26H29ClN5O10P/c1-26-20(40-25(33)41-26)18(12-38-43(34)37-9-7-17(42-43)14-4-2-5-15(27)10-14)39-23(26)32-13-29-19-21(32)30-24(28)31-22(19)36-11-16-6-3-8-35-16/h2,4-5,10,13,16-18,20,23H,3,6-9,11-12H2,1H3,(H2,28,30,31)/t16-,17-,18+,20+,23+,26+,43+/m0/s1. The number of nitrogen functional groups attached to an aromatic ring is 1. The molecule has 4 saturated heterocycles. The van der Waals surface area contributed by atoms with E-state index in [2.05, 4.69) is 15.0 Å². The number of phosphoric acid groups is 1. The first-order valence-electron chi connectivity index (χ1n) is 13.8. The molecule has 7 atom stereocenters. The Hall–Kier alpha value is -3.04. The molecule has 0 bridgehead atoms. The number of aromatic nitrogens is 4. The fourth-order valence-corrected chi connectivity index (χ4v) is 7.35. The average molecular weight is 638 g/mol. The Kier molecular flexibility index (Phi) is 7.45. The van der Waals surface area contributed by atoms with E-state index >= 15 is 0 Å². The zero-order valence-corrected chi connectivity index (χ0v) is 24.6. The predicted octanol–water partition coefficient (Wildman–Crippen LogP) is 4.11. The van der Waals surface area contributed by atoms with Gasteiger partial charge in [0, 0.05) is 18.1 Å². The maximum atomic E-state index is 13.4. The summed E-state index contributed by atoms with van der Waals surface area (Å²) >= 11 is 6.12. The van der Waals surface area contributed by atoms with Crippen LogP contribution in [0.15, 0.2) is 30.6 Å². The van der Waals surface area contributed by atoms with E-state index in [9.17, 15) is 9.36 Å². The minimum absolute atomic E-state index is 0.0465. The Balaban J connectivity index is 1.11. The number of carbonyl (C=O) groups excluding carboxylic acids is 1. The lowest BCUT2D eigenvalue weighted by molar-refractivity contribution is -0.0925. The number of imidazole rings is 1. The van der Waals surface area contributed by atoms with Crippen LogP contribution in [0.5, 0.6) is 5.88 Å². The number of nitrogens with zero attached hydrogens (tertiary/aromatic N) is 4. The van der Waals surface area contributed by atoms with Crippen molar-refractivity contribution in [1.82, 2.24) is 19.5 Å². The van der Waals surface area contributed by atoms with Crippen LogP contribution in [0.2, 0.25) is 5.02 Å². The zero-order chi connectivity index (χ0) is 29.8. The third-order valence-corrected chi connectivity index (χ3v) is 9.53. The molecule has 0 unspecified atom stereocenters. The molecule has 0 spiro atoms. The van der Waals surface area contributed by atoms with Crippen LogP contribution < -0.4 is 10.5 Å². The molecule has 4 fully saturated rings. The van der Waals surface area contributed by atoms with Crippen molar-refractivity contribution >= 4 is 42.7 Å². The van der Waals surface area contributed by atoms with Crippen molar-refractivity contribution in [3.05, 3.63) is 41.2 Å². The molecule has 17 heteroatoms. The van der Waals surface area contributed by atoms with Crippen LogP contribution in [0.25, 0.3) is 11.2 Å². The Morgan fingerprint density at radius 1 is 1.23 bits per heavy atom. The minimum atomic E-state index is -4.01. The van der Waals surface area contributed by atoms with E-state index in [-0.39, 0.29) is 37.8 Å². The molecule has 0 aliphatic carbocycles. The fourth-order valence-electron chi connectivity index (χ4n) is 5.76. The van der Waals surface area contributed by atoms with Crippen molar-refractivity contribution in [2.75, 3.05) is 32.2 Å². The van der Waals surface area contributed by atoms with Crippen molar-refractivity contribution in [3.8, 4) is 5.88 Å². The highest BCUT2D eigenvalue weighted by Gasteiger charge is 2.64. The molecule has 43 heavy (non-hydrogen) atoms. The van der Waals surface area contributed by atoms with Gasteiger partial charge in [0.05, 0.1) is 31.7 Å². The van der Waals surface area contributed by atoms with E-state index in [1.807, 2.05) is 6.07 Å². The molecule has 7 rings (SSSR count). The summed E-state index contributed by atoms with van der Waals surface area (Å²) in [6, 6.07) is 7.07. The maximum absolute atomic E-state index is 13.4. The lowest BCUT2D eigenvalue weighted by atomic mass is 9.96. The number of rotatable bonds is 8. The van der Waals surface area contributed by atoms with Crippen molar-refractivity contribution in [2.24, 2.45) is 0 Å². The largest absolute Gasteiger partial charge is 0.509 e. The van der Waals surface area contributed by atoms with Crippen molar-refractivity contribution < 1.29 is 46.6 Å². The molecule has 15 nitrogen and oxygen atoms in total. The normalized spacial score (nSPS) is 33.8. The van der Waals surface area contributed by atoms with Crippen LogP contribution in [0.3, 0.4) is 0 Å². The molecule has 0 saturated carbocycles. The molecule has 4 aliphatic heterocycles. The summed E-state index contributed by atoms with van der Waals surface area (Å²) in [5.41, 5.74) is 6.06. The molecular weight excluding hydrogens is 609 g/mol. The number of halogens is 1. The minimum Gasteiger partial charge on any atom is -0.473 e. The van der Waals surface area contributed by atoms with Crippen LogP contribution in [0.1, 0.15) is 44.1 Å². The first-order valence-corrected chi connectivity index (χ1v) is 15.7. The molecular formula is C26H29ClN5O10P. The monoisotopic (exact) mass is 637 g/mol. The lowest BCUT2D eigenvalue weighted by Crippen LogP contribution is -2.42. The summed E-state index contributed by atoms with van der Waals surface area (Å²) in [5.74, 6) is 0.143. The predicted molar refractivity (Wildman–Crippen MR) is 147 cm³/mol. The van der Waals surface area contributed by atoms with E-state index in [1.54, 1.807) is 29.7 Å². The van der Waals surface area contributed by atoms with Crippen molar-refractivity contribution in [3.63, 3.8) is 0 Å². The maximum Gasteiger partial charge on any atom is 0.509 e. The van der Waals surface area contributed by atoms with E-state index in [0.29, 0.717) is 29.2 Å². The van der Waals surface area contributed by atoms with Gasteiger partial charge in [0.25, 0.3) is 0 Å². The smallest absolute Gasteiger partial charge is 0.473 e. The van der Waals surface area contributed by atoms with Gasteiger partial charge in [-0.15, -0.1) is 0 Å². The van der Waals surface area contributed by atoms with Crippen molar-refractivity contribution in [1.29, 1.82) is 0 Å². The highest BCUT2D eigenvalue weighted by atomic mass is 35.5. The van der Waals surface area contributed by atoms with Gasteiger partial charge in [0.1, 0.15) is 12.7 Å². The highest BCUT2D eigenvalue weighted by Crippen LogP contribution is 2.58. The second kappa shape index (κ2) is 11.1. The first-order chi connectivity index (χ1) is 20.7. The zero-order valence-electron chi connectivity index (χ0n) is 23.0. The molecule has 6 heterocycles. The Morgan fingerprint density at radius 3 is 2.93 bits per heavy atom. The van der Waals surface area contributed by atoms with Crippen LogP contribution in [0.4, 0.5) is 10.7 Å². The Bertz CT molecular complexity index is 1590. The topological polar surface area (TPSA) is 178 Å². The number of hydrogen-bond donors (Lipinski definition) is 1. The van der Waals surface area contributed by atoms with E-state index in [4.69, 9.17) is 54.6 Å². The number of anilines is 1. The van der Waals surface area contributed by atoms with Gasteiger partial charge in [-0.05, 0) is 37.5 Å². The summed E-state index contributed by atoms with van der Waals surface area (Å²) in [6.45, 7) is 2.47. The molecule has 0 radical (unpaired) electrons. The number of carbonyl (C=O) groups is 1. The van der Waals surface area contributed by atoms with Gasteiger partial charge in [-0.2, -0.15) is 9.97 Å². The average Bonchev–Trinajstić information content (AvgIpc) is 3.75. The Morgan fingerprint density at radius 2 is 2.12 bits per heavy atom. The van der Waals surface area contributed by atoms with Gasteiger partial charge < -0.3 is 29.4 Å². The SMILES string of the molecule is C[C@@]12OC(=O)O[C@@H]1[C@@H](CO[P@@]1(=O)OCC[C@@H](c3cccc(Cl)c3)O1)O[C@H]2n1cnc2c(OC[C@@H]3CCCO3)nc(N)nc21. The summed E-state index contributed by atoms with van der Waals surface area (Å²) < 4.78 is 60.8. The summed E-state index contributed by atoms with van der Waals surface area (Å²) in [7, 11) is -4.01. The Labute approximate surface area is 250 Å². The molecule has 3 aromatic rings. The molecule has 2 aromatic heterocycles. The van der Waals surface area contributed by atoms with Crippen molar-refractivity contribution in [2.45, 2.75) is 62.4 Å². The third kappa shape index (κ3) is 5.43. The highest BCUT2D eigenvalue weighted by molar-refractivity contribution is 7.48. The van der Waals surface area contributed by atoms with E-state index in [0.717, 1.165) is 18.4 Å². The van der Waals surface area contributed by atoms with Crippen LogP contribution >= 0.6 is 19.4 Å². The molecule has 1 aromatic carbocycles. The van der Waals surface area contributed by atoms with E-state index < -0.39 is 44.1 Å². The second-order valence-corrected chi connectivity index (χ2v) is 12.8. The van der Waals surface area contributed by atoms with Crippen LogP contribution in [-0.2, 0) is 37.1 Å². The number of benzene rings is 1.